The lowest BCUT2D eigenvalue weighted by molar-refractivity contribution is -0.0328. The van der Waals surface area contributed by atoms with Gasteiger partial charge < -0.3 is 5.32 Å². The second kappa shape index (κ2) is 8.79. The van der Waals surface area contributed by atoms with Crippen LogP contribution in [0.5, 0.6) is 0 Å². The fraction of sp³-hybridized carbons (Fsp3) is 0.647. The van der Waals surface area contributed by atoms with Gasteiger partial charge in [0.25, 0.3) is 0 Å². The zero-order valence-corrected chi connectivity index (χ0v) is 15.2. The Morgan fingerprint density at radius 3 is 2.21 bits per heavy atom. The summed E-state index contributed by atoms with van der Waals surface area (Å²) in [6.45, 7) is 4.11. The molecule has 1 aromatic carbocycles. The molecule has 24 heavy (non-hydrogen) atoms. The number of hydrogen-bond donors (Lipinski definition) is 1. The van der Waals surface area contributed by atoms with E-state index in [2.05, 4.69) is 10.2 Å². The van der Waals surface area contributed by atoms with Crippen molar-refractivity contribution in [3.63, 3.8) is 0 Å². The summed E-state index contributed by atoms with van der Waals surface area (Å²) in [6, 6.07) is 7.39. The fourth-order valence-electron chi connectivity index (χ4n) is 3.01. The normalized spacial score (nSPS) is 20.0. The van der Waals surface area contributed by atoms with Crippen LogP contribution in [0.4, 0.5) is 13.2 Å². The molecule has 1 aliphatic heterocycles. The van der Waals surface area contributed by atoms with Crippen LogP contribution in [0.3, 0.4) is 0 Å². The monoisotopic (exact) mass is 380 g/mol. The molecule has 136 valence electrons. The molecule has 0 bridgehead atoms. The summed E-state index contributed by atoms with van der Waals surface area (Å²) in [5.41, 5.74) is -3.13. The Hall–Kier alpha value is -0.430. The average molecular weight is 381 g/mol. The van der Waals surface area contributed by atoms with Crippen molar-refractivity contribution in [3.05, 3.63) is 29.8 Å². The molecule has 2 aliphatic rings. The van der Waals surface area contributed by atoms with E-state index in [-0.39, 0.29) is 29.1 Å². The number of thioether (sulfide) groups is 1. The first-order chi connectivity index (χ1) is 11.0. The standard InChI is InChI=1S/C17H23F3N2S.ClH/c18-17(19,20)23-16-5-3-14(4-6-16)12-22-9-7-15(8-10-22)21-11-13-1-2-13;/h3-6,13,15,21H,1-2,7-12H2;1H. The van der Waals surface area contributed by atoms with Crippen molar-refractivity contribution in [1.29, 1.82) is 0 Å². The van der Waals surface area contributed by atoms with Gasteiger partial charge in [0.2, 0.25) is 0 Å². The van der Waals surface area contributed by atoms with E-state index in [0.717, 1.165) is 44.0 Å². The van der Waals surface area contributed by atoms with Crippen LogP contribution in [0.25, 0.3) is 0 Å². The molecule has 2 nitrogen and oxygen atoms in total. The maximum absolute atomic E-state index is 12.3. The van der Waals surface area contributed by atoms with Crippen LogP contribution < -0.4 is 5.32 Å². The molecule has 0 atom stereocenters. The second-order valence-electron chi connectivity index (χ2n) is 6.59. The van der Waals surface area contributed by atoms with E-state index in [1.165, 1.54) is 19.4 Å². The van der Waals surface area contributed by atoms with Gasteiger partial charge in [0.1, 0.15) is 0 Å². The molecule has 0 radical (unpaired) electrons. The minimum atomic E-state index is -4.21. The molecule has 0 aromatic heterocycles. The fourth-order valence-corrected chi connectivity index (χ4v) is 3.54. The van der Waals surface area contributed by atoms with E-state index in [1.807, 2.05) is 12.1 Å². The van der Waals surface area contributed by atoms with Crippen LogP contribution in [0.15, 0.2) is 29.2 Å². The molecule has 0 spiro atoms. The van der Waals surface area contributed by atoms with Gasteiger partial charge in [-0.15, -0.1) is 12.4 Å². The van der Waals surface area contributed by atoms with E-state index >= 15 is 0 Å². The summed E-state index contributed by atoms with van der Waals surface area (Å²) in [5, 5.41) is 3.66. The zero-order chi connectivity index (χ0) is 16.3. The SMILES string of the molecule is Cl.FC(F)(F)Sc1ccc(CN2CCC(NCC3CC3)CC2)cc1. The first-order valence-electron chi connectivity index (χ1n) is 8.28. The lowest BCUT2D eigenvalue weighted by Crippen LogP contribution is -2.42. The Bertz CT molecular complexity index is 498. The van der Waals surface area contributed by atoms with Crippen LogP contribution >= 0.6 is 24.2 Å². The number of piperidine rings is 1. The zero-order valence-electron chi connectivity index (χ0n) is 13.5. The highest BCUT2D eigenvalue weighted by Crippen LogP contribution is 2.36. The number of likely N-dealkylation sites (tertiary alicyclic amines) is 1. The Kier molecular flexibility index (Phi) is 7.28. The number of halogens is 4. The lowest BCUT2D eigenvalue weighted by atomic mass is 10.0. The third kappa shape index (κ3) is 6.82. The minimum Gasteiger partial charge on any atom is -0.314 e. The van der Waals surface area contributed by atoms with Crippen LogP contribution in [0, 0.1) is 5.92 Å². The maximum Gasteiger partial charge on any atom is 0.446 e. The smallest absolute Gasteiger partial charge is 0.314 e. The first kappa shape index (κ1) is 19.9. The number of nitrogens with zero attached hydrogens (tertiary/aromatic N) is 1. The van der Waals surface area contributed by atoms with Gasteiger partial charge >= 0.3 is 5.51 Å². The van der Waals surface area contributed by atoms with E-state index in [1.54, 1.807) is 12.1 Å². The molecular formula is C17H24ClF3N2S. The number of nitrogens with one attached hydrogen (secondary N) is 1. The summed E-state index contributed by atoms with van der Waals surface area (Å²) < 4.78 is 36.9. The molecule has 2 fully saturated rings. The molecule has 1 saturated carbocycles. The van der Waals surface area contributed by atoms with Gasteiger partial charge in [-0.25, -0.2) is 0 Å². The van der Waals surface area contributed by atoms with Crippen molar-refractivity contribution in [3.8, 4) is 0 Å². The van der Waals surface area contributed by atoms with Crippen molar-refractivity contribution in [1.82, 2.24) is 10.2 Å². The summed E-state index contributed by atoms with van der Waals surface area (Å²) in [4.78, 5) is 2.64. The second-order valence-corrected chi connectivity index (χ2v) is 7.73. The molecule has 1 heterocycles. The molecule has 1 saturated heterocycles. The van der Waals surface area contributed by atoms with Gasteiger partial charge in [0.15, 0.2) is 0 Å². The largest absolute Gasteiger partial charge is 0.446 e. The van der Waals surface area contributed by atoms with E-state index < -0.39 is 5.51 Å². The van der Waals surface area contributed by atoms with Gasteiger partial charge in [-0.1, -0.05) is 12.1 Å². The molecule has 0 unspecified atom stereocenters. The first-order valence-corrected chi connectivity index (χ1v) is 9.10. The predicted octanol–water partition coefficient (Wildman–Crippen LogP) is 4.68. The number of alkyl halides is 3. The molecular weight excluding hydrogens is 357 g/mol. The minimum absolute atomic E-state index is 0. The van der Waals surface area contributed by atoms with E-state index in [4.69, 9.17) is 0 Å². The molecule has 1 aromatic rings. The van der Waals surface area contributed by atoms with Gasteiger partial charge in [-0.05, 0) is 80.7 Å². The predicted molar refractivity (Wildman–Crippen MR) is 94.6 cm³/mol. The van der Waals surface area contributed by atoms with E-state index in [9.17, 15) is 13.2 Å². The Morgan fingerprint density at radius 2 is 1.67 bits per heavy atom. The molecule has 3 rings (SSSR count). The van der Waals surface area contributed by atoms with Crippen LogP contribution in [0.1, 0.15) is 31.2 Å². The van der Waals surface area contributed by atoms with Crippen LogP contribution in [-0.4, -0.2) is 36.1 Å². The molecule has 1 N–H and O–H groups in total. The summed E-state index contributed by atoms with van der Waals surface area (Å²) in [6.07, 6.45) is 5.09. The number of rotatable bonds is 6. The molecule has 0 amide bonds. The Morgan fingerprint density at radius 1 is 1.04 bits per heavy atom. The third-order valence-electron chi connectivity index (χ3n) is 4.54. The van der Waals surface area contributed by atoms with Gasteiger partial charge in [0, 0.05) is 17.5 Å². The van der Waals surface area contributed by atoms with Crippen LogP contribution in [0.2, 0.25) is 0 Å². The van der Waals surface area contributed by atoms with Gasteiger partial charge in [-0.2, -0.15) is 13.2 Å². The van der Waals surface area contributed by atoms with Gasteiger partial charge in [-0.3, -0.25) is 4.90 Å². The van der Waals surface area contributed by atoms with Crippen molar-refractivity contribution < 1.29 is 13.2 Å². The highest BCUT2D eigenvalue weighted by Gasteiger charge is 2.29. The van der Waals surface area contributed by atoms with Gasteiger partial charge in [0.05, 0.1) is 0 Å². The quantitative estimate of drug-likeness (QED) is 0.721. The summed E-state index contributed by atoms with van der Waals surface area (Å²) in [5.74, 6) is 0.918. The van der Waals surface area contributed by atoms with Crippen molar-refractivity contribution in [2.75, 3.05) is 19.6 Å². The Balaban J connectivity index is 0.00000208. The summed E-state index contributed by atoms with van der Waals surface area (Å²) >= 11 is -0.0533. The van der Waals surface area contributed by atoms with Crippen molar-refractivity contribution in [2.24, 2.45) is 5.92 Å². The Labute approximate surface area is 152 Å². The average Bonchev–Trinajstić information content (AvgIpc) is 3.31. The maximum atomic E-state index is 12.3. The molecule has 1 aliphatic carbocycles. The van der Waals surface area contributed by atoms with Crippen molar-refractivity contribution >= 4 is 24.2 Å². The topological polar surface area (TPSA) is 15.3 Å². The lowest BCUT2D eigenvalue weighted by Gasteiger charge is -2.32. The summed E-state index contributed by atoms with van der Waals surface area (Å²) in [7, 11) is 0. The number of hydrogen-bond acceptors (Lipinski definition) is 3. The molecule has 7 heteroatoms. The highest BCUT2D eigenvalue weighted by atomic mass is 35.5. The highest BCUT2D eigenvalue weighted by molar-refractivity contribution is 8.00. The van der Waals surface area contributed by atoms with E-state index in [0.29, 0.717) is 6.04 Å². The van der Waals surface area contributed by atoms with Crippen molar-refractivity contribution in [2.45, 2.75) is 48.7 Å². The van der Waals surface area contributed by atoms with Crippen LogP contribution in [-0.2, 0) is 6.54 Å². The third-order valence-corrected chi connectivity index (χ3v) is 5.28. The number of benzene rings is 1.